The number of benzene rings is 1. The zero-order valence-electron chi connectivity index (χ0n) is 11.3. The predicted octanol–water partition coefficient (Wildman–Crippen LogP) is 5.08. The molecule has 0 amide bonds. The number of nitrogens with one attached hydrogen (secondary N) is 1. The highest BCUT2D eigenvalue weighted by atomic mass is 35.5. The summed E-state index contributed by atoms with van der Waals surface area (Å²) in [5, 5.41) is 5.27. The summed E-state index contributed by atoms with van der Waals surface area (Å²) in [7, 11) is 0. The number of halogens is 2. The second-order valence-electron chi connectivity index (χ2n) is 5.89. The monoisotopic (exact) mass is 297 g/mol. The molecule has 0 spiro atoms. The standard InChI is InChI=1S/C16H21Cl2N/c1-2-19-16(13-9-10(17)7-8-14(13)18)15-11-5-3-4-6-12(11)15/h7-9,11-12,15-16,19H,2-6H2,1H3. The Hall–Kier alpha value is -0.240. The Kier molecular flexibility index (Phi) is 4.07. The van der Waals surface area contributed by atoms with Crippen LogP contribution in [0.1, 0.15) is 44.2 Å². The van der Waals surface area contributed by atoms with Gasteiger partial charge in [0.25, 0.3) is 0 Å². The van der Waals surface area contributed by atoms with E-state index in [4.69, 9.17) is 23.2 Å². The zero-order valence-corrected chi connectivity index (χ0v) is 12.8. The second-order valence-corrected chi connectivity index (χ2v) is 6.73. The Labute approximate surface area is 125 Å². The smallest absolute Gasteiger partial charge is 0.0454 e. The quantitative estimate of drug-likeness (QED) is 0.817. The lowest BCUT2D eigenvalue weighted by Gasteiger charge is -2.20. The van der Waals surface area contributed by atoms with Gasteiger partial charge in [-0.3, -0.25) is 0 Å². The fourth-order valence-electron chi connectivity index (χ4n) is 3.97. The number of hydrogen-bond acceptors (Lipinski definition) is 1. The highest BCUT2D eigenvalue weighted by Gasteiger charge is 2.54. The molecule has 104 valence electrons. The lowest BCUT2D eigenvalue weighted by molar-refractivity contribution is 0.457. The lowest BCUT2D eigenvalue weighted by Crippen LogP contribution is -2.24. The van der Waals surface area contributed by atoms with Crippen LogP contribution >= 0.6 is 23.2 Å². The molecule has 3 rings (SSSR count). The topological polar surface area (TPSA) is 12.0 Å². The van der Waals surface area contributed by atoms with Crippen LogP contribution < -0.4 is 5.32 Å². The highest BCUT2D eigenvalue weighted by Crippen LogP contribution is 2.60. The summed E-state index contributed by atoms with van der Waals surface area (Å²) in [6, 6.07) is 6.22. The van der Waals surface area contributed by atoms with Crippen molar-refractivity contribution in [3.63, 3.8) is 0 Å². The Morgan fingerprint density at radius 1 is 1.21 bits per heavy atom. The molecule has 0 aliphatic heterocycles. The van der Waals surface area contributed by atoms with Crippen LogP contribution in [0.2, 0.25) is 10.0 Å². The first kappa shape index (κ1) is 13.7. The first-order valence-corrected chi connectivity index (χ1v) is 8.16. The average Bonchev–Trinajstić information content (AvgIpc) is 3.13. The van der Waals surface area contributed by atoms with E-state index in [0.717, 1.165) is 34.3 Å². The van der Waals surface area contributed by atoms with Crippen molar-refractivity contribution in [2.45, 2.75) is 38.6 Å². The van der Waals surface area contributed by atoms with Crippen LogP contribution in [0.5, 0.6) is 0 Å². The van der Waals surface area contributed by atoms with Crippen LogP contribution in [-0.2, 0) is 0 Å². The van der Waals surface area contributed by atoms with Crippen LogP contribution in [0.3, 0.4) is 0 Å². The molecule has 1 aromatic rings. The van der Waals surface area contributed by atoms with Gasteiger partial charge in [-0.15, -0.1) is 0 Å². The molecule has 0 heterocycles. The van der Waals surface area contributed by atoms with Crippen LogP contribution in [0.4, 0.5) is 0 Å². The molecule has 2 saturated carbocycles. The maximum absolute atomic E-state index is 6.40. The van der Waals surface area contributed by atoms with Crippen molar-refractivity contribution in [2.24, 2.45) is 17.8 Å². The Morgan fingerprint density at radius 3 is 2.53 bits per heavy atom. The Balaban J connectivity index is 1.86. The van der Waals surface area contributed by atoms with Gasteiger partial charge in [-0.05, 0) is 60.9 Å². The average molecular weight is 298 g/mol. The molecule has 0 radical (unpaired) electrons. The van der Waals surface area contributed by atoms with Crippen LogP contribution in [0.25, 0.3) is 0 Å². The zero-order chi connectivity index (χ0) is 13.4. The third-order valence-corrected chi connectivity index (χ3v) is 5.40. The summed E-state index contributed by atoms with van der Waals surface area (Å²) < 4.78 is 0. The van der Waals surface area contributed by atoms with Crippen molar-refractivity contribution < 1.29 is 0 Å². The molecule has 19 heavy (non-hydrogen) atoms. The minimum atomic E-state index is 0.379. The molecule has 2 fully saturated rings. The van der Waals surface area contributed by atoms with Crippen molar-refractivity contribution in [1.82, 2.24) is 5.32 Å². The maximum atomic E-state index is 6.40. The Bertz CT molecular complexity index is 448. The van der Waals surface area contributed by atoms with Gasteiger partial charge in [0.15, 0.2) is 0 Å². The van der Waals surface area contributed by atoms with Gasteiger partial charge < -0.3 is 5.32 Å². The van der Waals surface area contributed by atoms with Crippen molar-refractivity contribution in [1.29, 1.82) is 0 Å². The summed E-state index contributed by atoms with van der Waals surface area (Å²) >= 11 is 12.5. The molecule has 1 aromatic carbocycles. The van der Waals surface area contributed by atoms with Crippen molar-refractivity contribution in [2.75, 3.05) is 6.54 Å². The minimum absolute atomic E-state index is 0.379. The van der Waals surface area contributed by atoms with Gasteiger partial charge >= 0.3 is 0 Å². The lowest BCUT2D eigenvalue weighted by atomic mass is 9.99. The van der Waals surface area contributed by atoms with Crippen LogP contribution in [0.15, 0.2) is 18.2 Å². The molecule has 1 N–H and O–H groups in total. The van der Waals surface area contributed by atoms with Crippen LogP contribution in [0, 0.1) is 17.8 Å². The van der Waals surface area contributed by atoms with E-state index in [9.17, 15) is 0 Å². The molecular weight excluding hydrogens is 277 g/mol. The third kappa shape index (κ3) is 2.66. The molecule has 2 aliphatic rings. The molecular formula is C16H21Cl2N. The van der Waals surface area contributed by atoms with Gasteiger partial charge in [0, 0.05) is 16.1 Å². The molecule has 3 atom stereocenters. The van der Waals surface area contributed by atoms with Crippen molar-refractivity contribution in [3.8, 4) is 0 Å². The van der Waals surface area contributed by atoms with Crippen molar-refractivity contribution in [3.05, 3.63) is 33.8 Å². The summed E-state index contributed by atoms with van der Waals surface area (Å²) in [5.74, 6) is 2.58. The minimum Gasteiger partial charge on any atom is -0.310 e. The fraction of sp³-hybridized carbons (Fsp3) is 0.625. The summed E-state index contributed by atoms with van der Waals surface area (Å²) in [6.07, 6.45) is 5.60. The number of rotatable bonds is 4. The molecule has 0 bridgehead atoms. The molecule has 2 aliphatic carbocycles. The first-order valence-electron chi connectivity index (χ1n) is 7.40. The highest BCUT2D eigenvalue weighted by molar-refractivity contribution is 6.33. The van der Waals surface area contributed by atoms with E-state index >= 15 is 0 Å². The van der Waals surface area contributed by atoms with E-state index in [1.165, 1.54) is 31.2 Å². The summed E-state index contributed by atoms with van der Waals surface area (Å²) in [4.78, 5) is 0. The summed E-state index contributed by atoms with van der Waals surface area (Å²) in [5.41, 5.74) is 1.19. The van der Waals surface area contributed by atoms with E-state index < -0.39 is 0 Å². The van der Waals surface area contributed by atoms with E-state index in [0.29, 0.717) is 6.04 Å². The van der Waals surface area contributed by atoms with Crippen LogP contribution in [-0.4, -0.2) is 6.54 Å². The van der Waals surface area contributed by atoms with Gasteiger partial charge in [-0.25, -0.2) is 0 Å². The van der Waals surface area contributed by atoms with Gasteiger partial charge in [-0.2, -0.15) is 0 Å². The van der Waals surface area contributed by atoms with E-state index in [1.54, 1.807) is 0 Å². The molecule has 3 unspecified atom stereocenters. The largest absolute Gasteiger partial charge is 0.310 e. The van der Waals surface area contributed by atoms with Crippen molar-refractivity contribution >= 4 is 23.2 Å². The normalized spacial score (nSPS) is 30.8. The van der Waals surface area contributed by atoms with E-state index in [2.05, 4.69) is 12.2 Å². The van der Waals surface area contributed by atoms with Gasteiger partial charge in [0.05, 0.1) is 0 Å². The van der Waals surface area contributed by atoms with Gasteiger partial charge in [0.2, 0.25) is 0 Å². The second kappa shape index (κ2) is 5.63. The van der Waals surface area contributed by atoms with Gasteiger partial charge in [0.1, 0.15) is 0 Å². The van der Waals surface area contributed by atoms with E-state index in [-0.39, 0.29) is 0 Å². The maximum Gasteiger partial charge on any atom is 0.0454 e. The van der Waals surface area contributed by atoms with Gasteiger partial charge in [-0.1, -0.05) is 43.0 Å². The molecule has 3 heteroatoms. The third-order valence-electron chi connectivity index (χ3n) is 4.82. The molecule has 0 saturated heterocycles. The number of hydrogen-bond donors (Lipinski definition) is 1. The predicted molar refractivity (Wildman–Crippen MR) is 81.8 cm³/mol. The molecule has 1 nitrogen and oxygen atoms in total. The molecule has 0 aromatic heterocycles. The number of fused-ring (bicyclic) bond motifs is 1. The fourth-order valence-corrected chi connectivity index (χ4v) is 4.38. The van der Waals surface area contributed by atoms with E-state index in [1.807, 2.05) is 18.2 Å². The summed E-state index contributed by atoms with van der Waals surface area (Å²) in [6.45, 7) is 3.14. The SMILES string of the molecule is CCNC(c1cc(Cl)ccc1Cl)C1C2CCCCC21. The first-order chi connectivity index (χ1) is 9.22. The Morgan fingerprint density at radius 2 is 1.89 bits per heavy atom.